The molecule has 0 fully saturated rings. The van der Waals surface area contributed by atoms with E-state index in [0.29, 0.717) is 15.6 Å². The van der Waals surface area contributed by atoms with E-state index in [-0.39, 0.29) is 0 Å². The van der Waals surface area contributed by atoms with Crippen molar-refractivity contribution >= 4 is 57.3 Å². The molecule has 0 radical (unpaired) electrons. The Morgan fingerprint density at radius 2 is 1.39 bits per heavy atom. The number of halogens is 2. The van der Waals surface area contributed by atoms with Crippen LogP contribution in [-0.2, 0) is 0 Å². The summed E-state index contributed by atoms with van der Waals surface area (Å²) in [5.74, 6) is 0. The second-order valence-corrected chi connectivity index (χ2v) is 12.0. The van der Waals surface area contributed by atoms with E-state index in [1.54, 1.807) is 11.8 Å². The molecule has 1 aromatic heterocycles. The van der Waals surface area contributed by atoms with Gasteiger partial charge in [-0.05, 0) is 104 Å². The van der Waals surface area contributed by atoms with Crippen molar-refractivity contribution in [3.05, 3.63) is 128 Å². The molecule has 2 heterocycles. The third kappa shape index (κ3) is 5.80. The molecule has 0 atom stereocenters. The van der Waals surface area contributed by atoms with Gasteiger partial charge in [0.15, 0.2) is 0 Å². The topological polar surface area (TPSA) is 51.9 Å². The summed E-state index contributed by atoms with van der Waals surface area (Å²) in [6.07, 6.45) is 4.08. The van der Waals surface area contributed by atoms with Crippen LogP contribution in [0.3, 0.4) is 0 Å². The van der Waals surface area contributed by atoms with Gasteiger partial charge in [0.2, 0.25) is 0 Å². The molecule has 5 rings (SSSR count). The van der Waals surface area contributed by atoms with Gasteiger partial charge in [0.25, 0.3) is 0 Å². The predicted octanol–water partition coefficient (Wildman–Crippen LogP) is 9.79. The van der Waals surface area contributed by atoms with E-state index >= 15 is 0 Å². The van der Waals surface area contributed by atoms with Crippen molar-refractivity contribution < 1.29 is 0 Å². The first-order chi connectivity index (χ1) is 18.3. The number of thioether (sulfide) groups is 1. The SMILES string of the molecule is Cc1cc(C)c(C(=C2C=CC(Sc3ccc(Cl)cc3)=N2)c2cc(C#N)c(Sc3ccc(Cl)cc3)[nH]2)c(C)c1. The molecule has 0 saturated heterocycles. The minimum atomic E-state index is 0.585. The van der Waals surface area contributed by atoms with Crippen LogP contribution in [0.5, 0.6) is 0 Å². The highest BCUT2D eigenvalue weighted by Crippen LogP contribution is 2.39. The quantitative estimate of drug-likeness (QED) is 0.259. The summed E-state index contributed by atoms with van der Waals surface area (Å²) in [6, 6.07) is 24.0. The summed E-state index contributed by atoms with van der Waals surface area (Å²) in [5.41, 5.74) is 7.91. The van der Waals surface area contributed by atoms with Crippen LogP contribution < -0.4 is 0 Å². The zero-order valence-electron chi connectivity index (χ0n) is 21.0. The summed E-state index contributed by atoms with van der Waals surface area (Å²) < 4.78 is 0. The Kier molecular flexibility index (Phi) is 7.88. The number of hydrogen-bond donors (Lipinski definition) is 1. The second-order valence-electron chi connectivity index (χ2n) is 8.97. The fourth-order valence-corrected chi connectivity index (χ4v) is 6.42. The fraction of sp³-hybridized carbons (Fsp3) is 0.0968. The fourth-order valence-electron chi connectivity index (χ4n) is 4.49. The molecule has 38 heavy (non-hydrogen) atoms. The minimum absolute atomic E-state index is 0.585. The number of benzene rings is 3. The number of H-pyrrole nitrogens is 1. The molecule has 7 heteroatoms. The van der Waals surface area contributed by atoms with Gasteiger partial charge in [0, 0.05) is 25.4 Å². The van der Waals surface area contributed by atoms with Gasteiger partial charge in [0.1, 0.15) is 11.1 Å². The molecule has 4 aromatic rings. The number of nitrogens with zero attached hydrogens (tertiary/aromatic N) is 2. The number of aromatic nitrogens is 1. The Morgan fingerprint density at radius 1 is 0.816 bits per heavy atom. The Balaban J connectivity index is 1.62. The van der Waals surface area contributed by atoms with Crippen LogP contribution >= 0.6 is 46.7 Å². The Bertz CT molecular complexity index is 1630. The molecule has 1 N–H and O–H groups in total. The molecule has 3 nitrogen and oxygen atoms in total. The van der Waals surface area contributed by atoms with Gasteiger partial charge >= 0.3 is 0 Å². The lowest BCUT2D eigenvalue weighted by Crippen LogP contribution is -1.99. The first kappa shape index (κ1) is 26.5. The maximum atomic E-state index is 9.97. The number of nitriles is 1. The van der Waals surface area contributed by atoms with E-state index < -0.39 is 0 Å². The average molecular weight is 573 g/mol. The Hall–Kier alpha value is -3.14. The van der Waals surface area contributed by atoms with Crippen molar-refractivity contribution in [2.45, 2.75) is 35.6 Å². The van der Waals surface area contributed by atoms with Crippen LogP contribution in [0.4, 0.5) is 0 Å². The van der Waals surface area contributed by atoms with Gasteiger partial charge in [-0.25, -0.2) is 4.99 Å². The van der Waals surface area contributed by atoms with Crippen molar-refractivity contribution in [2.24, 2.45) is 4.99 Å². The maximum absolute atomic E-state index is 9.97. The summed E-state index contributed by atoms with van der Waals surface area (Å²) in [7, 11) is 0. The van der Waals surface area contributed by atoms with E-state index in [1.165, 1.54) is 17.3 Å². The summed E-state index contributed by atoms with van der Waals surface area (Å²) in [5, 5.41) is 13.0. The molecule has 0 saturated carbocycles. The van der Waals surface area contributed by atoms with Crippen molar-refractivity contribution in [3.8, 4) is 6.07 Å². The van der Waals surface area contributed by atoms with E-state index in [1.807, 2.05) is 66.7 Å². The van der Waals surface area contributed by atoms with E-state index in [9.17, 15) is 5.26 Å². The Morgan fingerprint density at radius 3 is 1.97 bits per heavy atom. The predicted molar refractivity (Wildman–Crippen MR) is 162 cm³/mol. The van der Waals surface area contributed by atoms with Crippen molar-refractivity contribution in [3.63, 3.8) is 0 Å². The molecular weight excluding hydrogens is 549 g/mol. The number of aryl methyl sites for hydroxylation is 3. The molecule has 0 spiro atoms. The second kappa shape index (κ2) is 11.3. The third-order valence-electron chi connectivity index (χ3n) is 6.04. The third-order valence-corrected chi connectivity index (χ3v) is 8.52. The lowest BCUT2D eigenvalue weighted by molar-refractivity contribution is 1.15. The highest BCUT2D eigenvalue weighted by molar-refractivity contribution is 8.14. The van der Waals surface area contributed by atoms with Crippen LogP contribution in [0.15, 0.2) is 104 Å². The van der Waals surface area contributed by atoms with Crippen LogP contribution in [0.1, 0.15) is 33.5 Å². The number of nitrogens with one attached hydrogen (secondary N) is 1. The molecule has 0 unspecified atom stereocenters. The van der Waals surface area contributed by atoms with Crippen LogP contribution in [0.25, 0.3) is 5.57 Å². The molecule has 3 aromatic carbocycles. The number of aromatic amines is 1. The lowest BCUT2D eigenvalue weighted by atomic mass is 9.90. The molecule has 188 valence electrons. The number of rotatable bonds is 5. The summed E-state index contributed by atoms with van der Waals surface area (Å²) in [6.45, 7) is 6.35. The van der Waals surface area contributed by atoms with E-state index in [4.69, 9.17) is 28.2 Å². The molecular formula is C31H23Cl2N3S2. The van der Waals surface area contributed by atoms with Crippen molar-refractivity contribution in [1.29, 1.82) is 5.26 Å². The monoisotopic (exact) mass is 571 g/mol. The van der Waals surface area contributed by atoms with Crippen LogP contribution in [0, 0.1) is 32.1 Å². The molecule has 1 aliphatic rings. The van der Waals surface area contributed by atoms with Gasteiger partial charge < -0.3 is 4.98 Å². The molecule has 0 aliphatic carbocycles. The normalized spacial score (nSPS) is 13.9. The standard InChI is InChI=1S/C31H23Cl2N3S2/c1-18-14-19(2)29(20(3)15-18)30(26-12-13-28(35-26)37-24-8-4-22(32)5-9-24)27-16-21(17-34)31(36-27)38-25-10-6-23(33)7-11-25/h4-16,36H,1-3H3. The van der Waals surface area contributed by atoms with Gasteiger partial charge in [-0.2, -0.15) is 5.26 Å². The maximum Gasteiger partial charge on any atom is 0.102 e. The zero-order chi connectivity index (χ0) is 26.8. The lowest BCUT2D eigenvalue weighted by Gasteiger charge is -2.16. The number of allylic oxidation sites excluding steroid dienone is 1. The highest BCUT2D eigenvalue weighted by Gasteiger charge is 2.22. The van der Waals surface area contributed by atoms with Gasteiger partial charge in [0.05, 0.1) is 22.0 Å². The van der Waals surface area contributed by atoms with Gasteiger partial charge in [-0.3, -0.25) is 0 Å². The first-order valence-corrected chi connectivity index (χ1v) is 14.3. The van der Waals surface area contributed by atoms with Crippen molar-refractivity contribution in [1.82, 2.24) is 4.98 Å². The number of hydrogen-bond acceptors (Lipinski definition) is 4. The molecule has 1 aliphatic heterocycles. The van der Waals surface area contributed by atoms with Crippen LogP contribution in [-0.4, -0.2) is 10.0 Å². The van der Waals surface area contributed by atoms with Crippen LogP contribution in [0.2, 0.25) is 10.0 Å². The smallest absolute Gasteiger partial charge is 0.102 e. The van der Waals surface area contributed by atoms with E-state index in [0.717, 1.165) is 53.5 Å². The van der Waals surface area contributed by atoms with Crippen molar-refractivity contribution in [2.75, 3.05) is 0 Å². The summed E-state index contributed by atoms with van der Waals surface area (Å²) >= 11 is 15.2. The van der Waals surface area contributed by atoms with Gasteiger partial charge in [-0.15, -0.1) is 0 Å². The molecule has 0 amide bonds. The largest absolute Gasteiger partial charge is 0.348 e. The van der Waals surface area contributed by atoms with E-state index in [2.05, 4.69) is 44.0 Å². The van der Waals surface area contributed by atoms with Gasteiger partial charge in [-0.1, -0.05) is 64.4 Å². The summed E-state index contributed by atoms with van der Waals surface area (Å²) in [4.78, 5) is 10.6. The number of aliphatic imine (C=N–C) groups is 1. The molecule has 0 bridgehead atoms. The highest BCUT2D eigenvalue weighted by atomic mass is 35.5. The average Bonchev–Trinajstić information content (AvgIpc) is 3.51. The first-order valence-electron chi connectivity index (χ1n) is 11.9. The zero-order valence-corrected chi connectivity index (χ0v) is 24.1. The minimum Gasteiger partial charge on any atom is -0.348 e. The Labute approximate surface area is 241 Å².